The van der Waals surface area contributed by atoms with Crippen molar-refractivity contribution >= 4 is 23.3 Å². The fourth-order valence-corrected chi connectivity index (χ4v) is 2.83. The van der Waals surface area contributed by atoms with Gasteiger partial charge in [0.2, 0.25) is 0 Å². The number of halogens is 3. The number of nitrogens with zero attached hydrogens (tertiary/aromatic N) is 2. The fourth-order valence-electron chi connectivity index (χ4n) is 2.61. The maximum absolute atomic E-state index is 13.9. The third-order valence-corrected chi connectivity index (χ3v) is 4.38. The van der Waals surface area contributed by atoms with Crippen molar-refractivity contribution in [3.05, 3.63) is 89.1 Å². The Hall–Kier alpha value is -2.99. The average molecular weight is 403 g/mol. The highest BCUT2D eigenvalue weighted by atomic mass is 35.5. The minimum Gasteiger partial charge on any atom is -0.478 e. The number of carbonyl (C=O) groups is 1. The number of para-hydroxylation sites is 1. The lowest BCUT2D eigenvalue weighted by Crippen LogP contribution is -2.40. The summed E-state index contributed by atoms with van der Waals surface area (Å²) in [5, 5.41) is 0.191. The molecule has 3 aromatic rings. The predicted molar refractivity (Wildman–Crippen MR) is 103 cm³/mol. The maximum atomic E-state index is 13.9. The number of anilines is 1. The molecule has 28 heavy (non-hydrogen) atoms. The van der Waals surface area contributed by atoms with E-state index < -0.39 is 23.6 Å². The molecule has 1 heterocycles. The zero-order chi connectivity index (χ0) is 20.1. The van der Waals surface area contributed by atoms with Crippen LogP contribution in [-0.2, 0) is 11.3 Å². The van der Waals surface area contributed by atoms with E-state index in [1.807, 2.05) is 0 Å². The molecule has 4 nitrogen and oxygen atoms in total. The number of amides is 1. The number of rotatable bonds is 6. The van der Waals surface area contributed by atoms with Gasteiger partial charge in [0.1, 0.15) is 11.6 Å². The summed E-state index contributed by atoms with van der Waals surface area (Å²) in [4.78, 5) is 18.6. The highest BCUT2D eigenvalue weighted by Crippen LogP contribution is 2.24. The topological polar surface area (TPSA) is 42.4 Å². The van der Waals surface area contributed by atoms with Crippen LogP contribution in [0.2, 0.25) is 5.02 Å². The molecule has 0 saturated carbocycles. The fraction of sp³-hybridized carbons (Fsp3) is 0.143. The Morgan fingerprint density at radius 2 is 1.89 bits per heavy atom. The molecular weight excluding hydrogens is 386 g/mol. The van der Waals surface area contributed by atoms with E-state index in [1.165, 1.54) is 48.2 Å². The minimum atomic E-state index is -0.988. The van der Waals surface area contributed by atoms with Crippen LogP contribution in [0, 0.1) is 11.6 Å². The zero-order valence-corrected chi connectivity index (χ0v) is 15.7. The summed E-state index contributed by atoms with van der Waals surface area (Å²) in [5.41, 5.74) is 0.542. The van der Waals surface area contributed by atoms with Gasteiger partial charge in [-0.05, 0) is 48.9 Å². The summed E-state index contributed by atoms with van der Waals surface area (Å²) in [7, 11) is 0. The van der Waals surface area contributed by atoms with Gasteiger partial charge in [0.05, 0.1) is 6.54 Å². The second kappa shape index (κ2) is 8.80. The van der Waals surface area contributed by atoms with Crippen LogP contribution in [0.25, 0.3) is 0 Å². The smallest absolute Gasteiger partial charge is 0.269 e. The van der Waals surface area contributed by atoms with Gasteiger partial charge >= 0.3 is 0 Å². The van der Waals surface area contributed by atoms with Gasteiger partial charge in [-0.1, -0.05) is 35.9 Å². The van der Waals surface area contributed by atoms with Gasteiger partial charge in [-0.2, -0.15) is 0 Å². The van der Waals surface area contributed by atoms with Crippen molar-refractivity contribution in [2.75, 3.05) is 4.90 Å². The number of carbonyl (C=O) groups excluding carboxylic acids is 1. The monoisotopic (exact) mass is 402 g/mol. The van der Waals surface area contributed by atoms with Crippen LogP contribution in [0.1, 0.15) is 12.5 Å². The van der Waals surface area contributed by atoms with Crippen LogP contribution < -0.4 is 9.64 Å². The number of hydrogen-bond donors (Lipinski definition) is 0. The highest BCUT2D eigenvalue weighted by molar-refractivity contribution is 6.31. The van der Waals surface area contributed by atoms with Gasteiger partial charge in [0.15, 0.2) is 17.7 Å². The van der Waals surface area contributed by atoms with Gasteiger partial charge < -0.3 is 4.74 Å². The largest absolute Gasteiger partial charge is 0.478 e. The molecule has 0 bridgehead atoms. The molecule has 2 aromatic carbocycles. The lowest BCUT2D eigenvalue weighted by atomic mass is 10.2. The maximum Gasteiger partial charge on any atom is 0.269 e. The van der Waals surface area contributed by atoms with E-state index in [9.17, 15) is 13.6 Å². The molecule has 0 N–H and O–H groups in total. The van der Waals surface area contributed by atoms with Crippen LogP contribution >= 0.6 is 11.6 Å². The van der Waals surface area contributed by atoms with Crippen LogP contribution in [0.4, 0.5) is 14.6 Å². The van der Waals surface area contributed by atoms with Crippen LogP contribution in [-0.4, -0.2) is 17.0 Å². The SMILES string of the molecule is C[C@@H](Oc1ccccc1F)C(=O)N(Cc1ccc(F)cc1Cl)c1ccccn1. The van der Waals surface area contributed by atoms with Gasteiger partial charge in [-0.25, -0.2) is 13.8 Å². The normalized spacial score (nSPS) is 11.7. The third kappa shape index (κ3) is 4.64. The van der Waals surface area contributed by atoms with E-state index in [2.05, 4.69) is 4.98 Å². The molecule has 3 rings (SSSR count). The molecule has 0 unspecified atom stereocenters. The molecule has 1 amide bonds. The number of pyridine rings is 1. The molecular formula is C21H17ClF2N2O2. The van der Waals surface area contributed by atoms with Gasteiger partial charge in [0.25, 0.3) is 5.91 Å². The molecule has 0 aliphatic rings. The molecule has 0 spiro atoms. The van der Waals surface area contributed by atoms with Crippen molar-refractivity contribution in [3.63, 3.8) is 0 Å². The summed E-state index contributed by atoms with van der Waals surface area (Å²) in [6.45, 7) is 1.58. The first kappa shape index (κ1) is 19.8. The number of benzene rings is 2. The van der Waals surface area contributed by atoms with Crippen molar-refractivity contribution in [1.29, 1.82) is 0 Å². The van der Waals surface area contributed by atoms with Crippen molar-refractivity contribution in [3.8, 4) is 5.75 Å². The first-order valence-electron chi connectivity index (χ1n) is 8.53. The first-order chi connectivity index (χ1) is 13.5. The summed E-state index contributed by atoms with van der Waals surface area (Å²) in [6.07, 6.45) is 0.558. The third-order valence-electron chi connectivity index (χ3n) is 4.02. The van der Waals surface area contributed by atoms with Gasteiger partial charge in [-0.15, -0.1) is 0 Å². The molecule has 0 aliphatic carbocycles. The number of ether oxygens (including phenoxy) is 1. The molecule has 0 radical (unpaired) electrons. The van der Waals surface area contributed by atoms with Crippen molar-refractivity contribution in [2.24, 2.45) is 0 Å². The molecule has 0 fully saturated rings. The average Bonchev–Trinajstić information content (AvgIpc) is 2.69. The Morgan fingerprint density at radius 1 is 1.14 bits per heavy atom. The Kier molecular flexibility index (Phi) is 6.21. The molecule has 0 saturated heterocycles. The minimum absolute atomic E-state index is 0.0239. The summed E-state index contributed by atoms with van der Waals surface area (Å²) >= 11 is 6.12. The summed E-state index contributed by atoms with van der Waals surface area (Å²) in [5.74, 6) is -1.13. The standard InChI is InChI=1S/C21H17ClF2N2O2/c1-14(28-19-7-3-2-6-18(19)24)21(27)26(20-8-4-5-11-25-20)13-15-9-10-16(23)12-17(15)22/h2-12,14H,13H2,1H3/t14-/m1/s1. The van der Waals surface area contributed by atoms with Crippen molar-refractivity contribution < 1.29 is 18.3 Å². The quantitative estimate of drug-likeness (QED) is 0.581. The second-order valence-corrected chi connectivity index (χ2v) is 6.45. The Morgan fingerprint density at radius 3 is 2.57 bits per heavy atom. The second-order valence-electron chi connectivity index (χ2n) is 6.04. The Labute approximate surface area is 166 Å². The zero-order valence-electron chi connectivity index (χ0n) is 15.0. The van der Waals surface area contributed by atoms with E-state index in [1.54, 1.807) is 30.5 Å². The van der Waals surface area contributed by atoms with Gasteiger partial charge in [0, 0.05) is 11.2 Å². The Bertz CT molecular complexity index is 970. The molecule has 1 aromatic heterocycles. The van der Waals surface area contributed by atoms with E-state index in [4.69, 9.17) is 16.3 Å². The lowest BCUT2D eigenvalue weighted by molar-refractivity contribution is -0.124. The van der Waals surface area contributed by atoms with Crippen LogP contribution in [0.5, 0.6) is 5.75 Å². The molecule has 7 heteroatoms. The number of hydrogen-bond acceptors (Lipinski definition) is 3. The van der Waals surface area contributed by atoms with Crippen molar-refractivity contribution in [1.82, 2.24) is 4.98 Å². The number of aromatic nitrogens is 1. The first-order valence-corrected chi connectivity index (χ1v) is 8.91. The summed E-state index contributed by atoms with van der Waals surface area (Å²) in [6, 6.07) is 14.9. The van der Waals surface area contributed by atoms with Crippen LogP contribution in [0.3, 0.4) is 0 Å². The van der Waals surface area contributed by atoms with Crippen LogP contribution in [0.15, 0.2) is 66.9 Å². The molecule has 144 valence electrons. The van der Waals surface area contributed by atoms with E-state index in [0.717, 1.165) is 0 Å². The van der Waals surface area contributed by atoms with Crippen molar-refractivity contribution in [2.45, 2.75) is 19.6 Å². The van der Waals surface area contributed by atoms with Gasteiger partial charge in [-0.3, -0.25) is 9.69 Å². The van der Waals surface area contributed by atoms with E-state index >= 15 is 0 Å². The van der Waals surface area contributed by atoms with E-state index in [-0.39, 0.29) is 17.3 Å². The molecule has 0 aliphatic heterocycles. The molecule has 1 atom stereocenters. The van der Waals surface area contributed by atoms with E-state index in [0.29, 0.717) is 11.4 Å². The predicted octanol–water partition coefficient (Wildman–Crippen LogP) is 5.01. The lowest BCUT2D eigenvalue weighted by Gasteiger charge is -2.26. The Balaban J connectivity index is 1.88. The highest BCUT2D eigenvalue weighted by Gasteiger charge is 2.26. The summed E-state index contributed by atoms with van der Waals surface area (Å²) < 4.78 is 32.7.